The first-order chi connectivity index (χ1) is 27.8. The van der Waals surface area contributed by atoms with Crippen LogP contribution in [0.4, 0.5) is 10.5 Å². The van der Waals surface area contributed by atoms with Crippen molar-refractivity contribution in [3.63, 3.8) is 0 Å². The van der Waals surface area contributed by atoms with Gasteiger partial charge in [0.05, 0.1) is 12.2 Å². The molecule has 0 unspecified atom stereocenters. The van der Waals surface area contributed by atoms with Crippen LogP contribution in [0.1, 0.15) is 97.1 Å². The lowest BCUT2D eigenvalue weighted by atomic mass is 9.46. The summed E-state index contributed by atoms with van der Waals surface area (Å²) < 4.78 is 18.6. The van der Waals surface area contributed by atoms with Crippen LogP contribution in [0.15, 0.2) is 72.3 Å². The Morgan fingerprint density at radius 2 is 1.71 bits per heavy atom. The van der Waals surface area contributed by atoms with Crippen LogP contribution in [-0.4, -0.2) is 86.6 Å². The summed E-state index contributed by atoms with van der Waals surface area (Å²) in [6.45, 7) is 11.7. The molecule has 0 spiro atoms. The van der Waals surface area contributed by atoms with E-state index < -0.39 is 82.9 Å². The summed E-state index contributed by atoms with van der Waals surface area (Å²) in [5.41, 5.74) is 0.996. The maximum absolute atomic E-state index is 13.9. The summed E-state index contributed by atoms with van der Waals surface area (Å²) in [6.07, 6.45) is 5.72. The Labute approximate surface area is 345 Å². The lowest BCUT2D eigenvalue weighted by Crippen LogP contribution is -2.63. The van der Waals surface area contributed by atoms with E-state index in [4.69, 9.17) is 14.2 Å². The van der Waals surface area contributed by atoms with E-state index in [1.807, 2.05) is 61.5 Å². The van der Waals surface area contributed by atoms with Gasteiger partial charge in [-0.3, -0.25) is 19.2 Å². The van der Waals surface area contributed by atoms with Gasteiger partial charge in [-0.1, -0.05) is 61.9 Å². The van der Waals surface area contributed by atoms with E-state index in [0.29, 0.717) is 24.9 Å². The van der Waals surface area contributed by atoms with E-state index >= 15 is 0 Å². The zero-order valence-corrected chi connectivity index (χ0v) is 34.9. The van der Waals surface area contributed by atoms with Gasteiger partial charge in [0.15, 0.2) is 17.7 Å². The van der Waals surface area contributed by atoms with E-state index in [-0.39, 0.29) is 23.5 Å². The van der Waals surface area contributed by atoms with Gasteiger partial charge in [-0.05, 0) is 102 Å². The normalized spacial score (nSPS) is 33.0. The first kappa shape index (κ1) is 42.4. The van der Waals surface area contributed by atoms with Crippen molar-refractivity contribution in [3.05, 3.63) is 89.0 Å². The lowest BCUT2D eigenvalue weighted by Gasteiger charge is -2.59. The van der Waals surface area contributed by atoms with Gasteiger partial charge in [-0.2, -0.15) is 0 Å². The third kappa shape index (κ3) is 7.78. The topological polar surface area (TPSA) is 194 Å². The van der Waals surface area contributed by atoms with E-state index in [1.54, 1.807) is 39.8 Å². The molecule has 13 nitrogen and oxygen atoms in total. The second-order valence-electron chi connectivity index (χ2n) is 18.6. The highest BCUT2D eigenvalue weighted by atomic mass is 16.7. The number of fused-ring (bicyclic) bond motifs is 7. The number of hydrogen-bond acceptors (Lipinski definition) is 9. The van der Waals surface area contributed by atoms with Crippen molar-refractivity contribution in [1.29, 1.82) is 0 Å². The number of nitrogens with one attached hydrogen (secondary N) is 3. The summed E-state index contributed by atoms with van der Waals surface area (Å²) >= 11 is 0. The molecule has 13 heteroatoms. The minimum Gasteiger partial charge on any atom is -0.444 e. The van der Waals surface area contributed by atoms with Crippen molar-refractivity contribution in [1.82, 2.24) is 10.6 Å². The number of benzene rings is 2. The van der Waals surface area contributed by atoms with Gasteiger partial charge in [0.1, 0.15) is 24.3 Å². The second kappa shape index (κ2) is 15.7. The molecule has 0 bridgehead atoms. The number of hydrogen-bond donors (Lipinski definition) is 5. The van der Waals surface area contributed by atoms with Crippen LogP contribution in [0.25, 0.3) is 0 Å². The number of amides is 3. The van der Waals surface area contributed by atoms with Crippen LogP contribution < -0.4 is 16.0 Å². The molecule has 6 N–H and O–H groups in total. The summed E-state index contributed by atoms with van der Waals surface area (Å²) in [7, 11) is 0. The van der Waals surface area contributed by atoms with Gasteiger partial charge in [-0.25, -0.2) is 4.79 Å². The van der Waals surface area contributed by atoms with Gasteiger partial charge in [-0.15, -0.1) is 0 Å². The van der Waals surface area contributed by atoms with Crippen LogP contribution in [0.3, 0.4) is 0 Å². The number of aliphatic hydroxyl groups excluding tert-OH is 2. The Morgan fingerprint density at radius 1 is 1.00 bits per heavy atom. The number of carbonyl (C=O) groups excluding carboxylic acids is 5. The van der Waals surface area contributed by atoms with Crippen LogP contribution >= 0.6 is 0 Å². The first-order valence-electron chi connectivity index (χ1n) is 20.7. The average Bonchev–Trinajstić information content (AvgIpc) is 3.67. The average molecular weight is 813 g/mol. The number of anilines is 1. The monoisotopic (exact) mass is 812 g/mol. The molecule has 5 aliphatic rings. The summed E-state index contributed by atoms with van der Waals surface area (Å²) in [4.78, 5) is 61.9. The Bertz CT molecular complexity index is 2070. The van der Waals surface area contributed by atoms with E-state index in [2.05, 4.69) is 22.9 Å². The first-order valence-corrected chi connectivity index (χ1v) is 20.7. The molecule has 7 rings (SSSR count). The second-order valence-corrected chi connectivity index (χ2v) is 18.6. The summed E-state index contributed by atoms with van der Waals surface area (Å²) in [6, 6.07) is 13.4. The maximum Gasteiger partial charge on any atom is 0.408 e. The highest BCUT2D eigenvalue weighted by molar-refractivity contribution is 6.02. The Kier molecular flexibility index (Phi) is 11.3. The molecule has 1 saturated heterocycles. The van der Waals surface area contributed by atoms with Crippen molar-refractivity contribution in [2.24, 2.45) is 28.6 Å². The SMILES string of the molecule is C[C@H](NC(=O)OC(C)(C)C)C(=O)N[C@@H](C)C(=O)Nc1cccc(Cc2ccc([C@@H]3O[C@@H]4C[C@H]5[C@@H]6CCC7=CC(=[OH+])C=C[C@]7(C)[C@H]6[C@@H](O)C[C@]5(C)[C@]4(C(=O)CO)O3)cc2)c1. The quantitative estimate of drug-likeness (QED) is 0.200. The summed E-state index contributed by atoms with van der Waals surface area (Å²) in [5.74, 6) is -1.14. The number of aliphatic hydroxyl groups is 2. The predicted molar refractivity (Wildman–Crippen MR) is 220 cm³/mol. The fourth-order valence-electron chi connectivity index (χ4n) is 10.8. The zero-order valence-electron chi connectivity index (χ0n) is 34.9. The lowest BCUT2D eigenvalue weighted by molar-refractivity contribution is -0.201. The Morgan fingerprint density at radius 3 is 2.41 bits per heavy atom. The molecule has 2 aromatic rings. The number of ketones is 2. The molecule has 3 amide bonds. The maximum atomic E-state index is 13.9. The molecular formula is C46H58N3O10+. The van der Waals surface area contributed by atoms with Crippen molar-refractivity contribution in [3.8, 4) is 0 Å². The van der Waals surface area contributed by atoms with Crippen LogP contribution in [0.5, 0.6) is 0 Å². The number of Topliss-reactive ketones (excluding diaryl/α,β-unsaturated/α-hetero) is 1. The molecule has 4 aliphatic carbocycles. The molecule has 0 radical (unpaired) electrons. The molecule has 3 saturated carbocycles. The number of ether oxygens (including phenoxy) is 3. The van der Waals surface area contributed by atoms with Crippen molar-refractivity contribution in [2.45, 2.75) is 122 Å². The largest absolute Gasteiger partial charge is 0.444 e. The Hall–Kier alpha value is -4.69. The molecule has 316 valence electrons. The fraction of sp³-hybridized carbons (Fsp3) is 0.543. The predicted octanol–water partition coefficient (Wildman–Crippen LogP) is 5.21. The van der Waals surface area contributed by atoms with Crippen molar-refractivity contribution < 1.29 is 48.4 Å². The third-order valence-electron chi connectivity index (χ3n) is 13.5. The highest BCUT2D eigenvalue weighted by Crippen LogP contribution is 2.70. The third-order valence-corrected chi connectivity index (χ3v) is 13.5. The smallest absolute Gasteiger partial charge is 0.408 e. The number of rotatable bonds is 10. The van der Waals surface area contributed by atoms with Gasteiger partial charge in [0, 0.05) is 40.2 Å². The standard InChI is InChI=1S/C46H57N3O10/c1-25(47-39(54)26(2)48-42(56)59-43(3,4)5)40(55)49-31-10-8-9-28(20-31)19-27-11-13-29(14-12-27)41-57-37-22-34-33-16-15-30-21-32(51)17-18-44(30,6)38(33)35(52)23-45(34,7)46(37,58-41)36(53)24-50/h8-14,17-18,20-21,25-26,33-35,37-38,41,50,52H,15-16,19,22-24H2,1-7H3,(H,47,54)(H,48,56)(H,49,55)/p+1/t25-,26-,33-,34-,35-,37+,38+,41+,44-,45-,46+/m0/s1. The van der Waals surface area contributed by atoms with Gasteiger partial charge < -0.3 is 40.4 Å². The minimum atomic E-state index is -1.42. The van der Waals surface area contributed by atoms with E-state index in [0.717, 1.165) is 35.1 Å². The molecule has 0 aromatic heterocycles. The number of alkyl carbamates (subject to hydrolysis) is 1. The minimum absolute atomic E-state index is 0.0188. The Balaban J connectivity index is 0.990. The van der Waals surface area contributed by atoms with Crippen molar-refractivity contribution in [2.75, 3.05) is 11.9 Å². The number of carbonyl (C=O) groups is 4. The summed E-state index contributed by atoms with van der Waals surface area (Å²) in [5, 5.41) is 30.2. The van der Waals surface area contributed by atoms with Crippen LogP contribution in [-0.2, 0) is 35.0 Å². The molecule has 4 fully saturated rings. The molecule has 2 aromatic carbocycles. The zero-order chi connectivity index (χ0) is 42.7. The van der Waals surface area contributed by atoms with Gasteiger partial charge >= 0.3 is 11.9 Å². The highest BCUT2D eigenvalue weighted by Gasteiger charge is 2.76. The van der Waals surface area contributed by atoms with Gasteiger partial charge in [0.25, 0.3) is 0 Å². The fourth-order valence-corrected chi connectivity index (χ4v) is 10.8. The van der Waals surface area contributed by atoms with E-state index in [9.17, 15) is 34.2 Å². The molecular weight excluding hydrogens is 755 g/mol. The number of allylic oxidation sites excluding steroid dienone is 4. The molecule has 1 aliphatic heterocycles. The van der Waals surface area contributed by atoms with Crippen LogP contribution in [0, 0.1) is 28.6 Å². The van der Waals surface area contributed by atoms with Gasteiger partial charge in [0.2, 0.25) is 11.8 Å². The van der Waals surface area contributed by atoms with Crippen LogP contribution in [0.2, 0.25) is 0 Å². The molecule has 59 heavy (non-hydrogen) atoms. The van der Waals surface area contributed by atoms with Crippen molar-refractivity contribution >= 4 is 35.2 Å². The van der Waals surface area contributed by atoms with E-state index in [1.165, 1.54) is 6.92 Å². The molecule has 1 heterocycles. The molecule has 11 atom stereocenters.